The van der Waals surface area contributed by atoms with Crippen LogP contribution in [-0.4, -0.2) is 72.2 Å². The highest BCUT2D eigenvalue weighted by Crippen LogP contribution is 2.10. The number of likely N-dealkylation sites (N-methyl/N-ethyl adjacent to an activating group) is 2. The quantitative estimate of drug-likeness (QED) is 0.450. The summed E-state index contributed by atoms with van der Waals surface area (Å²) in [4.78, 5) is 49.7. The zero-order chi connectivity index (χ0) is 18.2. The summed E-state index contributed by atoms with van der Waals surface area (Å²) < 4.78 is 0. The minimum absolute atomic E-state index is 0.221. The summed E-state index contributed by atoms with van der Waals surface area (Å²) in [5, 5.41) is 2.47. The molecule has 0 aliphatic heterocycles. The van der Waals surface area contributed by atoms with E-state index in [0.29, 0.717) is 6.42 Å². The molecule has 0 saturated heterocycles. The fraction of sp³-hybridized carbons (Fsp3) is 0.714. The molecule has 23 heavy (non-hydrogen) atoms. The maximum atomic E-state index is 12.5. The van der Waals surface area contributed by atoms with Gasteiger partial charge in [0.2, 0.25) is 23.6 Å². The Balaban J connectivity index is 5.13. The topological polar surface area (TPSA) is 139 Å². The lowest BCUT2D eigenvalue weighted by Gasteiger charge is -2.33. The molecule has 0 bridgehead atoms. The monoisotopic (exact) mass is 329 g/mol. The van der Waals surface area contributed by atoms with Gasteiger partial charge >= 0.3 is 0 Å². The van der Waals surface area contributed by atoms with E-state index >= 15 is 0 Å². The Kier molecular flexibility index (Phi) is 8.86. The van der Waals surface area contributed by atoms with Crippen molar-refractivity contribution in [2.75, 3.05) is 26.7 Å². The van der Waals surface area contributed by atoms with Gasteiger partial charge in [-0.1, -0.05) is 6.92 Å². The number of carbonyl (C=O) groups is 4. The summed E-state index contributed by atoms with van der Waals surface area (Å²) in [6, 6.07) is -1.52. The van der Waals surface area contributed by atoms with Crippen LogP contribution in [0.5, 0.6) is 0 Å². The van der Waals surface area contributed by atoms with Crippen molar-refractivity contribution in [2.45, 2.75) is 39.3 Å². The number of rotatable bonds is 9. The van der Waals surface area contributed by atoms with E-state index in [0.717, 1.165) is 0 Å². The van der Waals surface area contributed by atoms with Gasteiger partial charge in [0.25, 0.3) is 0 Å². The van der Waals surface area contributed by atoms with Crippen LogP contribution in [0.2, 0.25) is 0 Å². The van der Waals surface area contributed by atoms with Gasteiger partial charge in [-0.25, -0.2) is 0 Å². The van der Waals surface area contributed by atoms with Gasteiger partial charge in [0.1, 0.15) is 12.1 Å². The van der Waals surface area contributed by atoms with E-state index in [-0.39, 0.29) is 31.4 Å². The molecule has 0 unspecified atom stereocenters. The van der Waals surface area contributed by atoms with Gasteiger partial charge in [0.15, 0.2) is 0 Å². The molecule has 0 saturated carbocycles. The molecule has 0 spiro atoms. The second kappa shape index (κ2) is 9.78. The maximum absolute atomic E-state index is 12.5. The molecule has 0 aromatic rings. The fourth-order valence-electron chi connectivity index (χ4n) is 2.24. The van der Waals surface area contributed by atoms with Crippen LogP contribution in [0.1, 0.15) is 27.2 Å². The van der Waals surface area contributed by atoms with Crippen LogP contribution in [0, 0.1) is 0 Å². The zero-order valence-corrected chi connectivity index (χ0v) is 14.2. The molecular formula is C14H27N5O4. The summed E-state index contributed by atoms with van der Waals surface area (Å²) in [6.45, 7) is 4.88. The molecule has 0 heterocycles. The van der Waals surface area contributed by atoms with E-state index in [1.807, 2.05) is 0 Å². The standard InChI is InChI=1S/C14H27N5O4/c1-5-10(14(23)18(4)8-11(16)20)19(6-2)13(22)9(3)17-12(21)7-15/h9-10H,5-8,15H2,1-4H3,(H2,16,20)(H,17,21)/t9-,10+/m0/s1. The number of nitrogens with one attached hydrogen (secondary N) is 1. The first-order valence-electron chi connectivity index (χ1n) is 7.52. The Hall–Kier alpha value is -2.16. The average molecular weight is 329 g/mol. The molecule has 0 aliphatic rings. The first-order chi connectivity index (χ1) is 10.7. The molecule has 9 heteroatoms. The lowest BCUT2D eigenvalue weighted by molar-refractivity contribution is -0.147. The normalized spacial score (nSPS) is 12.9. The van der Waals surface area contributed by atoms with Gasteiger partial charge in [-0.15, -0.1) is 0 Å². The summed E-state index contributed by atoms with van der Waals surface area (Å²) in [5.74, 6) is -1.85. The highest BCUT2D eigenvalue weighted by Gasteiger charge is 2.32. The van der Waals surface area contributed by atoms with E-state index in [1.54, 1.807) is 13.8 Å². The van der Waals surface area contributed by atoms with E-state index < -0.39 is 23.9 Å². The van der Waals surface area contributed by atoms with Crippen molar-refractivity contribution in [3.63, 3.8) is 0 Å². The SMILES string of the molecule is CC[C@H](C(=O)N(C)CC(N)=O)N(CC)C(=O)[C@H](C)NC(=O)CN. The van der Waals surface area contributed by atoms with Crippen LogP contribution >= 0.6 is 0 Å². The summed E-state index contributed by atoms with van der Waals surface area (Å²) >= 11 is 0. The predicted octanol–water partition coefficient (Wildman–Crippen LogP) is -1.98. The number of primary amides is 1. The van der Waals surface area contributed by atoms with Gasteiger partial charge in [-0.2, -0.15) is 0 Å². The fourth-order valence-corrected chi connectivity index (χ4v) is 2.24. The molecule has 4 amide bonds. The smallest absolute Gasteiger partial charge is 0.245 e. The van der Waals surface area contributed by atoms with Crippen LogP contribution in [0.4, 0.5) is 0 Å². The third-order valence-electron chi connectivity index (χ3n) is 3.37. The third kappa shape index (κ3) is 6.23. The maximum Gasteiger partial charge on any atom is 0.245 e. The molecule has 0 radical (unpaired) electrons. The highest BCUT2D eigenvalue weighted by molar-refractivity contribution is 5.93. The van der Waals surface area contributed by atoms with Crippen LogP contribution in [0.25, 0.3) is 0 Å². The van der Waals surface area contributed by atoms with Gasteiger partial charge in [0, 0.05) is 13.6 Å². The van der Waals surface area contributed by atoms with Crippen LogP contribution in [-0.2, 0) is 19.2 Å². The van der Waals surface area contributed by atoms with Crippen molar-refractivity contribution in [1.82, 2.24) is 15.1 Å². The second-order valence-corrected chi connectivity index (χ2v) is 5.20. The number of amides is 4. The Labute approximate surface area is 136 Å². The number of hydrogen-bond donors (Lipinski definition) is 3. The van der Waals surface area contributed by atoms with Crippen molar-refractivity contribution in [1.29, 1.82) is 0 Å². The number of hydrogen-bond acceptors (Lipinski definition) is 5. The van der Waals surface area contributed by atoms with E-state index in [4.69, 9.17) is 11.5 Å². The van der Waals surface area contributed by atoms with Gasteiger partial charge < -0.3 is 26.6 Å². The zero-order valence-electron chi connectivity index (χ0n) is 14.2. The van der Waals surface area contributed by atoms with Crippen molar-refractivity contribution in [3.05, 3.63) is 0 Å². The van der Waals surface area contributed by atoms with Crippen molar-refractivity contribution in [2.24, 2.45) is 11.5 Å². The van der Waals surface area contributed by atoms with Crippen LogP contribution in [0.15, 0.2) is 0 Å². The number of nitrogens with zero attached hydrogens (tertiary/aromatic N) is 2. The summed E-state index contributed by atoms with van der Waals surface area (Å²) in [6.07, 6.45) is 0.374. The van der Waals surface area contributed by atoms with Crippen LogP contribution in [0.3, 0.4) is 0 Å². The lowest BCUT2D eigenvalue weighted by atomic mass is 10.1. The molecule has 132 valence electrons. The number of nitrogens with two attached hydrogens (primary N) is 2. The number of carbonyl (C=O) groups excluding carboxylic acids is 4. The summed E-state index contributed by atoms with van der Waals surface area (Å²) in [7, 11) is 1.45. The van der Waals surface area contributed by atoms with E-state index in [1.165, 1.54) is 23.8 Å². The van der Waals surface area contributed by atoms with E-state index in [9.17, 15) is 19.2 Å². The largest absolute Gasteiger partial charge is 0.368 e. The molecule has 0 aromatic heterocycles. The van der Waals surface area contributed by atoms with Crippen molar-refractivity contribution >= 4 is 23.6 Å². The molecule has 5 N–H and O–H groups in total. The van der Waals surface area contributed by atoms with Gasteiger partial charge in [-0.3, -0.25) is 19.2 Å². The lowest BCUT2D eigenvalue weighted by Crippen LogP contribution is -2.56. The Morgan fingerprint density at radius 3 is 2.09 bits per heavy atom. The Morgan fingerprint density at radius 1 is 1.13 bits per heavy atom. The predicted molar refractivity (Wildman–Crippen MR) is 85.0 cm³/mol. The molecule has 9 nitrogen and oxygen atoms in total. The van der Waals surface area contributed by atoms with Gasteiger partial charge in [0.05, 0.1) is 13.1 Å². The highest BCUT2D eigenvalue weighted by atomic mass is 16.2. The Bertz CT molecular complexity index is 454. The first kappa shape index (κ1) is 20.8. The average Bonchev–Trinajstić information content (AvgIpc) is 2.50. The molecule has 2 atom stereocenters. The van der Waals surface area contributed by atoms with E-state index in [2.05, 4.69) is 5.32 Å². The molecular weight excluding hydrogens is 302 g/mol. The molecule has 0 aromatic carbocycles. The molecule has 0 aliphatic carbocycles. The Morgan fingerprint density at radius 2 is 1.70 bits per heavy atom. The van der Waals surface area contributed by atoms with Crippen molar-refractivity contribution in [3.8, 4) is 0 Å². The third-order valence-corrected chi connectivity index (χ3v) is 3.37. The minimum atomic E-state index is -0.797. The van der Waals surface area contributed by atoms with Gasteiger partial charge in [-0.05, 0) is 20.3 Å². The molecule has 0 rings (SSSR count). The molecule has 0 fully saturated rings. The van der Waals surface area contributed by atoms with Crippen molar-refractivity contribution < 1.29 is 19.2 Å². The first-order valence-corrected chi connectivity index (χ1v) is 7.52. The minimum Gasteiger partial charge on any atom is -0.368 e. The van der Waals surface area contributed by atoms with Crippen LogP contribution < -0.4 is 16.8 Å². The summed E-state index contributed by atoms with van der Waals surface area (Å²) in [5.41, 5.74) is 10.3. The second-order valence-electron chi connectivity index (χ2n) is 5.20.